The zero-order valence-electron chi connectivity index (χ0n) is 15.1. The van der Waals surface area contributed by atoms with Gasteiger partial charge in [-0.15, -0.1) is 0 Å². The molecule has 1 rings (SSSR count). The highest BCUT2D eigenvalue weighted by molar-refractivity contribution is 5.80. The first-order valence-corrected chi connectivity index (χ1v) is 8.54. The van der Waals surface area contributed by atoms with E-state index in [1.54, 1.807) is 0 Å². The summed E-state index contributed by atoms with van der Waals surface area (Å²) in [7, 11) is 0. The van der Waals surface area contributed by atoms with Crippen LogP contribution in [-0.4, -0.2) is 30.1 Å². The minimum Gasteiger partial charge on any atom is -0.493 e. The van der Waals surface area contributed by atoms with E-state index in [0.717, 1.165) is 11.3 Å². The smallest absolute Gasteiger partial charge is 0.311 e. The molecule has 0 spiro atoms. The van der Waals surface area contributed by atoms with Crippen molar-refractivity contribution in [1.82, 2.24) is 5.32 Å². The summed E-state index contributed by atoms with van der Waals surface area (Å²) < 4.78 is 5.61. The molecule has 0 saturated heterocycles. The molecule has 0 aromatic heterocycles. The second-order valence-electron chi connectivity index (χ2n) is 6.59. The first kappa shape index (κ1) is 20.0. The Morgan fingerprint density at radius 2 is 1.75 bits per heavy atom. The Bertz CT molecular complexity index is 533. The molecule has 0 bridgehead atoms. The van der Waals surface area contributed by atoms with E-state index in [1.165, 1.54) is 0 Å². The molecule has 0 aliphatic carbocycles. The minimum atomic E-state index is -0.885. The summed E-state index contributed by atoms with van der Waals surface area (Å²) >= 11 is 0. The van der Waals surface area contributed by atoms with Crippen molar-refractivity contribution in [2.24, 2.45) is 11.3 Å². The van der Waals surface area contributed by atoms with E-state index in [-0.39, 0.29) is 18.9 Å². The van der Waals surface area contributed by atoms with Gasteiger partial charge in [0.05, 0.1) is 18.4 Å². The van der Waals surface area contributed by atoms with E-state index < -0.39 is 11.4 Å². The number of carbonyl (C=O) groups excluding carboxylic acids is 1. The average molecular weight is 335 g/mol. The molecule has 0 aliphatic heterocycles. The van der Waals surface area contributed by atoms with Crippen LogP contribution in [0.25, 0.3) is 0 Å². The minimum absolute atomic E-state index is 0.156. The van der Waals surface area contributed by atoms with Crippen molar-refractivity contribution >= 4 is 11.9 Å². The number of hydrogen-bond donors (Lipinski definition) is 2. The lowest BCUT2D eigenvalue weighted by molar-refractivity contribution is -0.149. The first-order chi connectivity index (χ1) is 11.3. The summed E-state index contributed by atoms with van der Waals surface area (Å²) in [6, 6.07) is 7.42. The molecule has 5 nitrogen and oxygen atoms in total. The summed E-state index contributed by atoms with van der Waals surface area (Å²) in [5.41, 5.74) is -0.0113. The van der Waals surface area contributed by atoms with Gasteiger partial charge in [0.2, 0.25) is 5.91 Å². The van der Waals surface area contributed by atoms with Crippen molar-refractivity contribution in [3.63, 3.8) is 0 Å². The fourth-order valence-electron chi connectivity index (χ4n) is 2.36. The lowest BCUT2D eigenvalue weighted by Crippen LogP contribution is -2.42. The third-order valence-electron chi connectivity index (χ3n) is 4.30. The highest BCUT2D eigenvalue weighted by Gasteiger charge is 2.35. The predicted molar refractivity (Wildman–Crippen MR) is 94.1 cm³/mol. The van der Waals surface area contributed by atoms with Gasteiger partial charge in [0, 0.05) is 6.54 Å². The van der Waals surface area contributed by atoms with Gasteiger partial charge in [0.15, 0.2) is 0 Å². The van der Waals surface area contributed by atoms with E-state index in [4.69, 9.17) is 4.74 Å². The third kappa shape index (κ3) is 5.87. The van der Waals surface area contributed by atoms with E-state index in [0.29, 0.717) is 25.4 Å². The molecular weight excluding hydrogens is 306 g/mol. The van der Waals surface area contributed by atoms with Crippen LogP contribution in [0.4, 0.5) is 0 Å². The summed E-state index contributed by atoms with van der Waals surface area (Å²) in [5, 5.41) is 12.1. The van der Waals surface area contributed by atoms with Gasteiger partial charge in [-0.05, 0) is 36.5 Å². The van der Waals surface area contributed by atoms with E-state index in [1.807, 2.05) is 38.1 Å². The number of nitrogens with one attached hydrogen (secondary N) is 1. The molecule has 1 amide bonds. The van der Waals surface area contributed by atoms with Crippen molar-refractivity contribution in [2.45, 2.75) is 47.0 Å². The van der Waals surface area contributed by atoms with E-state index >= 15 is 0 Å². The third-order valence-corrected chi connectivity index (χ3v) is 4.30. The second kappa shape index (κ2) is 9.30. The van der Waals surface area contributed by atoms with Crippen LogP contribution in [0.5, 0.6) is 5.75 Å². The zero-order chi connectivity index (χ0) is 18.2. The molecular formula is C19H29NO4. The van der Waals surface area contributed by atoms with Crippen LogP contribution in [0.15, 0.2) is 24.3 Å². The molecule has 24 heavy (non-hydrogen) atoms. The highest BCUT2D eigenvalue weighted by atomic mass is 16.5. The number of carboxylic acid groups (broad SMARTS) is 1. The first-order valence-electron chi connectivity index (χ1n) is 8.54. The fraction of sp³-hybridized carbons (Fsp3) is 0.579. The standard InChI is InChI=1S/C19H29NO4/c1-5-19(6-2,18(22)23)13-20-17(21)11-15-7-9-16(10-8-15)24-12-14(3)4/h7-10,14H,5-6,11-13H2,1-4H3,(H,20,21)(H,22,23). The Balaban J connectivity index is 2.54. The molecule has 0 radical (unpaired) electrons. The van der Waals surface area contributed by atoms with Crippen LogP contribution in [0.3, 0.4) is 0 Å². The molecule has 0 fully saturated rings. The van der Waals surface area contributed by atoms with Gasteiger partial charge in [0.25, 0.3) is 0 Å². The molecule has 1 aromatic rings. The number of ether oxygens (including phenoxy) is 1. The number of benzene rings is 1. The van der Waals surface area contributed by atoms with Gasteiger partial charge in [-0.1, -0.05) is 39.8 Å². The van der Waals surface area contributed by atoms with E-state index in [9.17, 15) is 14.7 Å². The Morgan fingerprint density at radius 3 is 2.21 bits per heavy atom. The van der Waals surface area contributed by atoms with Crippen LogP contribution in [0.1, 0.15) is 46.1 Å². The topological polar surface area (TPSA) is 75.6 Å². The Hall–Kier alpha value is -2.04. The number of aliphatic carboxylic acids is 1. The molecule has 5 heteroatoms. The van der Waals surface area contributed by atoms with Crippen molar-refractivity contribution < 1.29 is 19.4 Å². The van der Waals surface area contributed by atoms with E-state index in [2.05, 4.69) is 19.2 Å². The number of carbonyl (C=O) groups is 2. The van der Waals surface area contributed by atoms with Gasteiger partial charge >= 0.3 is 5.97 Å². The fourth-order valence-corrected chi connectivity index (χ4v) is 2.36. The predicted octanol–water partition coefficient (Wildman–Crippen LogP) is 3.27. The maximum atomic E-state index is 12.1. The van der Waals surface area contributed by atoms with Crippen molar-refractivity contribution in [3.05, 3.63) is 29.8 Å². The lowest BCUT2D eigenvalue weighted by atomic mass is 9.82. The van der Waals surface area contributed by atoms with Crippen molar-refractivity contribution in [3.8, 4) is 5.75 Å². The van der Waals surface area contributed by atoms with Crippen LogP contribution in [0, 0.1) is 11.3 Å². The summed E-state index contributed by atoms with van der Waals surface area (Å²) in [5.74, 6) is 0.217. The molecule has 0 aliphatic rings. The van der Waals surface area contributed by atoms with Gasteiger partial charge in [-0.2, -0.15) is 0 Å². The Labute approximate surface area is 144 Å². The maximum Gasteiger partial charge on any atom is 0.311 e. The van der Waals surface area contributed by atoms with Crippen molar-refractivity contribution in [1.29, 1.82) is 0 Å². The molecule has 0 atom stereocenters. The number of rotatable bonds is 10. The second-order valence-corrected chi connectivity index (χ2v) is 6.59. The van der Waals surface area contributed by atoms with Gasteiger partial charge < -0.3 is 15.2 Å². The molecule has 134 valence electrons. The van der Waals surface area contributed by atoms with Crippen LogP contribution >= 0.6 is 0 Å². The van der Waals surface area contributed by atoms with Crippen molar-refractivity contribution in [2.75, 3.05) is 13.2 Å². The maximum absolute atomic E-state index is 12.1. The Kier molecular flexibility index (Phi) is 7.75. The number of carboxylic acids is 1. The van der Waals surface area contributed by atoms with Gasteiger partial charge in [-0.25, -0.2) is 0 Å². The Morgan fingerprint density at radius 1 is 1.17 bits per heavy atom. The molecule has 0 heterocycles. The molecule has 0 unspecified atom stereocenters. The summed E-state index contributed by atoms with van der Waals surface area (Å²) in [4.78, 5) is 23.5. The highest BCUT2D eigenvalue weighted by Crippen LogP contribution is 2.25. The largest absolute Gasteiger partial charge is 0.493 e. The van der Waals surface area contributed by atoms with Gasteiger partial charge in [-0.3, -0.25) is 9.59 Å². The number of amides is 1. The van der Waals surface area contributed by atoms with Gasteiger partial charge in [0.1, 0.15) is 5.75 Å². The van der Waals surface area contributed by atoms with Crippen LogP contribution in [-0.2, 0) is 16.0 Å². The molecule has 0 saturated carbocycles. The summed E-state index contributed by atoms with van der Waals surface area (Å²) in [6.45, 7) is 8.65. The average Bonchev–Trinajstić information content (AvgIpc) is 2.55. The molecule has 1 aromatic carbocycles. The zero-order valence-corrected chi connectivity index (χ0v) is 15.1. The van der Waals surface area contributed by atoms with Crippen LogP contribution in [0.2, 0.25) is 0 Å². The molecule has 2 N–H and O–H groups in total. The SMILES string of the molecule is CCC(CC)(CNC(=O)Cc1ccc(OCC(C)C)cc1)C(=O)O. The normalized spacial score (nSPS) is 11.4. The van der Waals surface area contributed by atoms with Crippen LogP contribution < -0.4 is 10.1 Å². The quantitative estimate of drug-likeness (QED) is 0.688. The lowest BCUT2D eigenvalue weighted by Gasteiger charge is -2.26. The summed E-state index contributed by atoms with van der Waals surface area (Å²) in [6.07, 6.45) is 1.20. The number of hydrogen-bond acceptors (Lipinski definition) is 3. The monoisotopic (exact) mass is 335 g/mol.